The zero-order valence-electron chi connectivity index (χ0n) is 15.2. The Bertz CT molecular complexity index is 611. The highest BCUT2D eigenvalue weighted by atomic mass is 16.2. The van der Waals surface area contributed by atoms with Crippen molar-refractivity contribution in [2.24, 2.45) is 5.92 Å². The van der Waals surface area contributed by atoms with Crippen LogP contribution in [0.4, 0.5) is 5.69 Å². The van der Waals surface area contributed by atoms with Gasteiger partial charge in [0.2, 0.25) is 11.8 Å². The molecule has 0 aromatic heterocycles. The fourth-order valence-electron chi connectivity index (χ4n) is 3.81. The highest BCUT2D eigenvalue weighted by Gasteiger charge is 2.29. The van der Waals surface area contributed by atoms with Crippen LogP contribution in [0.15, 0.2) is 24.3 Å². The SMILES string of the molecule is CCCN1CC(C(=O)Nc2cccc(CN3CCCC3)c2)CCC1=O. The van der Waals surface area contributed by atoms with Crippen molar-refractivity contribution in [3.63, 3.8) is 0 Å². The molecule has 2 amide bonds. The van der Waals surface area contributed by atoms with Crippen LogP contribution in [0.3, 0.4) is 0 Å². The minimum atomic E-state index is -0.105. The molecule has 2 heterocycles. The standard InChI is InChI=1S/C20H29N3O2/c1-2-10-23-15-17(8-9-19(23)24)20(25)21-18-7-5-6-16(13-18)14-22-11-3-4-12-22/h5-7,13,17H,2-4,8-12,14-15H2,1H3,(H,21,25). The summed E-state index contributed by atoms with van der Waals surface area (Å²) in [7, 11) is 0. The van der Waals surface area contributed by atoms with E-state index in [4.69, 9.17) is 0 Å². The molecule has 0 spiro atoms. The van der Waals surface area contributed by atoms with Gasteiger partial charge in [0.15, 0.2) is 0 Å². The van der Waals surface area contributed by atoms with Crippen molar-refractivity contribution in [2.75, 3.05) is 31.5 Å². The predicted molar refractivity (Wildman–Crippen MR) is 99.2 cm³/mol. The number of piperidine rings is 1. The first-order valence-corrected chi connectivity index (χ1v) is 9.55. The molecule has 2 saturated heterocycles. The summed E-state index contributed by atoms with van der Waals surface area (Å²) in [6.07, 6.45) is 4.63. The van der Waals surface area contributed by atoms with Crippen molar-refractivity contribution in [3.05, 3.63) is 29.8 Å². The number of benzene rings is 1. The summed E-state index contributed by atoms with van der Waals surface area (Å²) in [6, 6.07) is 8.15. The van der Waals surface area contributed by atoms with Crippen LogP contribution in [-0.2, 0) is 16.1 Å². The van der Waals surface area contributed by atoms with Gasteiger partial charge in [0.05, 0.1) is 5.92 Å². The Balaban J connectivity index is 1.57. The van der Waals surface area contributed by atoms with E-state index in [1.54, 1.807) is 0 Å². The van der Waals surface area contributed by atoms with E-state index in [0.717, 1.165) is 25.2 Å². The van der Waals surface area contributed by atoms with E-state index in [9.17, 15) is 9.59 Å². The molecule has 136 valence electrons. The van der Waals surface area contributed by atoms with Gasteiger partial charge in [-0.2, -0.15) is 0 Å². The molecule has 2 aliphatic heterocycles. The van der Waals surface area contributed by atoms with Crippen molar-refractivity contribution in [2.45, 2.75) is 45.6 Å². The Labute approximate surface area is 150 Å². The van der Waals surface area contributed by atoms with Gasteiger partial charge in [0.1, 0.15) is 0 Å². The smallest absolute Gasteiger partial charge is 0.229 e. The van der Waals surface area contributed by atoms with Gasteiger partial charge in [0, 0.05) is 31.7 Å². The maximum atomic E-state index is 12.6. The van der Waals surface area contributed by atoms with E-state index in [1.165, 1.54) is 31.5 Å². The average Bonchev–Trinajstić information content (AvgIpc) is 3.10. The number of carbonyl (C=O) groups excluding carboxylic acids is 2. The molecule has 1 N–H and O–H groups in total. The van der Waals surface area contributed by atoms with Crippen LogP contribution in [0.25, 0.3) is 0 Å². The minimum Gasteiger partial charge on any atom is -0.342 e. The van der Waals surface area contributed by atoms with Crippen molar-refractivity contribution in [1.82, 2.24) is 9.80 Å². The molecule has 1 aromatic rings. The maximum absolute atomic E-state index is 12.6. The van der Waals surface area contributed by atoms with E-state index in [0.29, 0.717) is 19.4 Å². The molecule has 3 rings (SSSR count). The fraction of sp³-hybridized carbons (Fsp3) is 0.600. The van der Waals surface area contributed by atoms with Gasteiger partial charge < -0.3 is 10.2 Å². The first-order valence-electron chi connectivity index (χ1n) is 9.55. The largest absolute Gasteiger partial charge is 0.342 e. The third-order valence-corrected chi connectivity index (χ3v) is 5.16. The Morgan fingerprint density at radius 1 is 1.28 bits per heavy atom. The van der Waals surface area contributed by atoms with E-state index in [-0.39, 0.29) is 17.7 Å². The Morgan fingerprint density at radius 2 is 2.08 bits per heavy atom. The van der Waals surface area contributed by atoms with Crippen molar-refractivity contribution < 1.29 is 9.59 Å². The van der Waals surface area contributed by atoms with Crippen LogP contribution in [-0.4, -0.2) is 47.8 Å². The third kappa shape index (κ3) is 4.82. The van der Waals surface area contributed by atoms with Crippen molar-refractivity contribution in [1.29, 1.82) is 0 Å². The molecule has 1 atom stereocenters. The topological polar surface area (TPSA) is 52.7 Å². The first-order chi connectivity index (χ1) is 12.2. The fourth-order valence-corrected chi connectivity index (χ4v) is 3.81. The van der Waals surface area contributed by atoms with Gasteiger partial charge >= 0.3 is 0 Å². The molecular weight excluding hydrogens is 314 g/mol. The summed E-state index contributed by atoms with van der Waals surface area (Å²) in [5, 5.41) is 3.06. The van der Waals surface area contributed by atoms with Crippen LogP contribution in [0, 0.1) is 5.92 Å². The lowest BCUT2D eigenvalue weighted by atomic mass is 9.96. The Kier molecular flexibility index (Phi) is 6.08. The van der Waals surface area contributed by atoms with E-state index in [1.807, 2.05) is 17.0 Å². The molecule has 0 bridgehead atoms. The van der Waals surface area contributed by atoms with Crippen molar-refractivity contribution >= 4 is 17.5 Å². The summed E-state index contributed by atoms with van der Waals surface area (Å²) in [6.45, 7) is 6.63. The molecular formula is C20H29N3O2. The Morgan fingerprint density at radius 3 is 2.84 bits per heavy atom. The average molecular weight is 343 g/mol. The van der Waals surface area contributed by atoms with Crippen LogP contribution in [0.5, 0.6) is 0 Å². The molecule has 0 saturated carbocycles. The number of rotatable bonds is 6. The molecule has 0 aliphatic carbocycles. The van der Waals surface area contributed by atoms with Crippen LogP contribution < -0.4 is 5.32 Å². The molecule has 1 unspecified atom stereocenters. The van der Waals surface area contributed by atoms with Gasteiger partial charge in [0.25, 0.3) is 0 Å². The molecule has 2 fully saturated rings. The van der Waals surface area contributed by atoms with Gasteiger partial charge in [-0.1, -0.05) is 19.1 Å². The highest BCUT2D eigenvalue weighted by Crippen LogP contribution is 2.21. The molecule has 2 aliphatic rings. The summed E-state index contributed by atoms with van der Waals surface area (Å²) >= 11 is 0. The third-order valence-electron chi connectivity index (χ3n) is 5.16. The van der Waals surface area contributed by atoms with Gasteiger partial charge in [-0.15, -0.1) is 0 Å². The number of hydrogen-bond acceptors (Lipinski definition) is 3. The Hall–Kier alpha value is -1.88. The second-order valence-electron chi connectivity index (χ2n) is 7.25. The number of nitrogens with zero attached hydrogens (tertiary/aromatic N) is 2. The first kappa shape index (κ1) is 17.9. The summed E-state index contributed by atoms with van der Waals surface area (Å²) in [5.41, 5.74) is 2.10. The number of nitrogens with one attached hydrogen (secondary N) is 1. The van der Waals surface area contributed by atoms with Crippen LogP contribution in [0.1, 0.15) is 44.6 Å². The number of anilines is 1. The predicted octanol–water partition coefficient (Wildman–Crippen LogP) is 2.87. The van der Waals surface area contributed by atoms with Gasteiger partial charge in [-0.25, -0.2) is 0 Å². The number of hydrogen-bond donors (Lipinski definition) is 1. The van der Waals surface area contributed by atoms with E-state index in [2.05, 4.69) is 29.3 Å². The zero-order chi connectivity index (χ0) is 17.6. The second-order valence-corrected chi connectivity index (χ2v) is 7.25. The normalized spacial score (nSPS) is 21.6. The molecule has 5 heteroatoms. The number of amides is 2. The summed E-state index contributed by atoms with van der Waals surface area (Å²) in [5.74, 6) is 0.108. The van der Waals surface area contributed by atoms with Gasteiger partial charge in [-0.05, 0) is 56.5 Å². The quantitative estimate of drug-likeness (QED) is 0.864. The zero-order valence-corrected chi connectivity index (χ0v) is 15.2. The van der Waals surface area contributed by atoms with E-state index >= 15 is 0 Å². The molecule has 0 radical (unpaired) electrons. The maximum Gasteiger partial charge on any atom is 0.229 e. The summed E-state index contributed by atoms with van der Waals surface area (Å²) < 4.78 is 0. The minimum absolute atomic E-state index is 0.0342. The molecule has 25 heavy (non-hydrogen) atoms. The summed E-state index contributed by atoms with van der Waals surface area (Å²) in [4.78, 5) is 28.8. The van der Waals surface area contributed by atoms with E-state index < -0.39 is 0 Å². The van der Waals surface area contributed by atoms with Crippen molar-refractivity contribution in [3.8, 4) is 0 Å². The molecule has 5 nitrogen and oxygen atoms in total. The van der Waals surface area contributed by atoms with Crippen LogP contribution in [0.2, 0.25) is 0 Å². The lowest BCUT2D eigenvalue weighted by molar-refractivity contribution is -0.137. The van der Waals surface area contributed by atoms with Gasteiger partial charge in [-0.3, -0.25) is 14.5 Å². The van der Waals surface area contributed by atoms with Crippen LogP contribution >= 0.6 is 0 Å². The monoisotopic (exact) mass is 343 g/mol. The lowest BCUT2D eigenvalue weighted by Crippen LogP contribution is -2.44. The number of carbonyl (C=O) groups is 2. The number of likely N-dealkylation sites (tertiary alicyclic amines) is 2. The molecule has 1 aromatic carbocycles. The second kappa shape index (κ2) is 8.48. The highest BCUT2D eigenvalue weighted by molar-refractivity contribution is 5.94. The lowest BCUT2D eigenvalue weighted by Gasteiger charge is -2.31.